The minimum absolute atomic E-state index is 0.0512. The smallest absolute Gasteiger partial charge is 0.433 e. The van der Waals surface area contributed by atoms with Crippen molar-refractivity contribution < 1.29 is 32.2 Å². The van der Waals surface area contributed by atoms with Gasteiger partial charge < -0.3 is 19.1 Å². The van der Waals surface area contributed by atoms with Gasteiger partial charge in [-0.25, -0.2) is 14.3 Å². The van der Waals surface area contributed by atoms with E-state index in [1.165, 1.54) is 14.2 Å². The Hall–Kier alpha value is -3.50. The molecule has 0 bridgehead atoms. The summed E-state index contributed by atoms with van der Waals surface area (Å²) in [7, 11) is 2.95. The third kappa shape index (κ3) is 4.63. The van der Waals surface area contributed by atoms with Gasteiger partial charge in [-0.1, -0.05) is 0 Å². The van der Waals surface area contributed by atoms with Gasteiger partial charge in [0.2, 0.25) is 0 Å². The highest BCUT2D eigenvalue weighted by molar-refractivity contribution is 5.69. The van der Waals surface area contributed by atoms with E-state index >= 15 is 0 Å². The molecule has 0 radical (unpaired) electrons. The topological polar surface area (TPSA) is 78.2 Å². The van der Waals surface area contributed by atoms with Crippen LogP contribution < -0.4 is 9.47 Å². The molecule has 5 rings (SSSR count). The second kappa shape index (κ2) is 9.06. The average Bonchev–Trinajstić information content (AvgIpc) is 3.43. The van der Waals surface area contributed by atoms with Gasteiger partial charge in [0, 0.05) is 30.1 Å². The van der Waals surface area contributed by atoms with Crippen LogP contribution in [0.15, 0.2) is 30.3 Å². The highest BCUT2D eigenvalue weighted by Crippen LogP contribution is 2.60. The zero-order chi connectivity index (χ0) is 27.6. The highest BCUT2D eigenvalue weighted by atomic mass is 19.4. The molecule has 4 atom stereocenters. The van der Waals surface area contributed by atoms with E-state index in [1.807, 2.05) is 27.7 Å². The minimum atomic E-state index is -4.65. The van der Waals surface area contributed by atoms with Gasteiger partial charge in [-0.3, -0.25) is 0 Å². The van der Waals surface area contributed by atoms with Crippen molar-refractivity contribution in [1.82, 2.24) is 19.5 Å². The van der Waals surface area contributed by atoms with Crippen LogP contribution in [0.2, 0.25) is 0 Å². The molecule has 0 N–H and O–H groups in total. The number of hydrogen-bond acceptors (Lipinski definition) is 6. The number of ether oxygens (including phenoxy) is 3. The van der Waals surface area contributed by atoms with Crippen molar-refractivity contribution in [3.8, 4) is 22.8 Å². The molecular weight excluding hydrogens is 501 g/mol. The second-order valence-electron chi connectivity index (χ2n) is 10.9. The summed E-state index contributed by atoms with van der Waals surface area (Å²) >= 11 is 0. The zero-order valence-corrected chi connectivity index (χ0v) is 22.2. The predicted octanol–water partition coefficient (Wildman–Crippen LogP) is 5.79. The number of methoxy groups -OCH3 is 2. The maximum Gasteiger partial charge on any atom is 0.433 e. The van der Waals surface area contributed by atoms with Crippen LogP contribution in [-0.4, -0.2) is 58.0 Å². The Kier molecular flexibility index (Phi) is 6.23. The van der Waals surface area contributed by atoms with Crippen LogP contribution >= 0.6 is 0 Å². The summed E-state index contributed by atoms with van der Waals surface area (Å²) in [5.74, 6) is 1.14. The summed E-state index contributed by atoms with van der Waals surface area (Å²) in [5, 5.41) is 4.38. The standard InChI is InChI=1S/C27H31F3N4O4/c1-14-23-16(9-10-33(14)25(35)38-26(2,3)4)24(23)18-13-22-31-17(12-21(27(28,29)30)34(22)32-18)15-7-8-19(36-5)20(11-15)37-6/h7-8,11-14,16,23-24H,9-10H2,1-6H3/t14?,16?,23-,24?/m0/s1. The van der Waals surface area contributed by atoms with Crippen LogP contribution in [0.3, 0.4) is 0 Å². The van der Waals surface area contributed by atoms with Crippen LogP contribution in [0.5, 0.6) is 11.5 Å². The summed E-state index contributed by atoms with van der Waals surface area (Å²) in [6.07, 6.45) is -4.28. The summed E-state index contributed by atoms with van der Waals surface area (Å²) < 4.78 is 59.4. The average molecular weight is 533 g/mol. The largest absolute Gasteiger partial charge is 0.493 e. The van der Waals surface area contributed by atoms with Gasteiger partial charge in [0.1, 0.15) is 5.60 Å². The Balaban J connectivity index is 1.49. The fraction of sp³-hybridized carbons (Fsp3) is 0.519. The number of likely N-dealkylation sites (tertiary alicyclic amines) is 1. The molecule has 3 heterocycles. The van der Waals surface area contributed by atoms with Crippen LogP contribution in [0.25, 0.3) is 16.9 Å². The zero-order valence-electron chi connectivity index (χ0n) is 22.2. The quantitative estimate of drug-likeness (QED) is 0.423. The van der Waals surface area contributed by atoms with Crippen molar-refractivity contribution >= 4 is 11.7 Å². The van der Waals surface area contributed by atoms with Crippen molar-refractivity contribution in [2.24, 2.45) is 11.8 Å². The van der Waals surface area contributed by atoms with Gasteiger partial charge in [-0.15, -0.1) is 0 Å². The van der Waals surface area contributed by atoms with Gasteiger partial charge in [0.25, 0.3) is 0 Å². The molecule has 204 valence electrons. The Bertz CT molecular complexity index is 1380. The lowest BCUT2D eigenvalue weighted by atomic mass is 10.0. The van der Waals surface area contributed by atoms with Crippen LogP contribution in [-0.2, 0) is 10.9 Å². The SMILES string of the molecule is COc1ccc(-c2cc(C(F)(F)F)n3nc(C4C5CCN(C(=O)OC(C)(C)C)C(C)[C@@H]54)cc3n2)cc1OC. The number of benzene rings is 1. The molecule has 2 aromatic heterocycles. The van der Waals surface area contributed by atoms with Gasteiger partial charge in [-0.05, 0) is 70.2 Å². The van der Waals surface area contributed by atoms with E-state index in [0.717, 1.165) is 17.0 Å². The lowest BCUT2D eigenvalue weighted by Crippen LogP contribution is -2.46. The number of aromatic nitrogens is 3. The third-order valence-electron chi connectivity index (χ3n) is 7.37. The van der Waals surface area contributed by atoms with Gasteiger partial charge in [-0.2, -0.15) is 18.3 Å². The number of alkyl halides is 3. The summed E-state index contributed by atoms with van der Waals surface area (Å²) in [5.41, 5.74) is -0.246. The number of carbonyl (C=O) groups is 1. The first kappa shape index (κ1) is 26.1. The molecule has 38 heavy (non-hydrogen) atoms. The van der Waals surface area contributed by atoms with Gasteiger partial charge in [0.15, 0.2) is 22.8 Å². The second-order valence-corrected chi connectivity index (χ2v) is 10.9. The van der Waals surface area contributed by atoms with Crippen molar-refractivity contribution in [1.29, 1.82) is 0 Å². The van der Waals surface area contributed by atoms with Gasteiger partial charge >= 0.3 is 12.3 Å². The molecular formula is C27H31F3N4O4. The molecule has 1 aliphatic carbocycles. The molecule has 1 saturated carbocycles. The van der Waals surface area contributed by atoms with E-state index in [1.54, 1.807) is 29.2 Å². The predicted molar refractivity (Wildman–Crippen MR) is 133 cm³/mol. The number of carbonyl (C=O) groups excluding carboxylic acids is 1. The number of fused-ring (bicyclic) bond motifs is 2. The first-order valence-corrected chi connectivity index (χ1v) is 12.5. The molecule has 8 nitrogen and oxygen atoms in total. The monoisotopic (exact) mass is 532 g/mol. The lowest BCUT2D eigenvalue weighted by Gasteiger charge is -2.34. The summed E-state index contributed by atoms with van der Waals surface area (Å²) in [4.78, 5) is 19.0. The van der Waals surface area contributed by atoms with Crippen molar-refractivity contribution in [2.75, 3.05) is 20.8 Å². The number of amides is 1. The molecule has 1 saturated heterocycles. The van der Waals surface area contributed by atoms with E-state index in [2.05, 4.69) is 10.1 Å². The van der Waals surface area contributed by atoms with Crippen molar-refractivity contribution in [3.05, 3.63) is 41.7 Å². The number of halogens is 3. The van der Waals surface area contributed by atoms with E-state index < -0.39 is 17.5 Å². The van der Waals surface area contributed by atoms with Crippen LogP contribution in [0.4, 0.5) is 18.0 Å². The highest BCUT2D eigenvalue weighted by Gasteiger charge is 2.59. The molecule has 3 aromatic rings. The van der Waals surface area contributed by atoms with E-state index in [0.29, 0.717) is 29.3 Å². The molecule has 2 aliphatic rings. The van der Waals surface area contributed by atoms with Crippen molar-refractivity contribution in [3.63, 3.8) is 0 Å². The number of piperidine rings is 1. The maximum atomic E-state index is 14.1. The summed E-state index contributed by atoms with van der Waals surface area (Å²) in [6.45, 7) is 7.96. The number of nitrogens with zero attached hydrogens (tertiary/aromatic N) is 4. The van der Waals surface area contributed by atoms with E-state index in [9.17, 15) is 18.0 Å². The Morgan fingerprint density at radius 1 is 1.05 bits per heavy atom. The number of rotatable bonds is 4. The summed E-state index contributed by atoms with van der Waals surface area (Å²) in [6, 6.07) is 7.38. The van der Waals surface area contributed by atoms with E-state index in [-0.39, 0.29) is 41.2 Å². The first-order valence-electron chi connectivity index (χ1n) is 12.5. The molecule has 0 spiro atoms. The molecule has 1 aliphatic heterocycles. The first-order chi connectivity index (χ1) is 17.8. The van der Waals surface area contributed by atoms with Crippen LogP contribution in [0.1, 0.15) is 51.4 Å². The minimum Gasteiger partial charge on any atom is -0.493 e. The fourth-order valence-electron chi connectivity index (χ4n) is 5.62. The maximum absolute atomic E-state index is 14.1. The van der Waals surface area contributed by atoms with E-state index in [4.69, 9.17) is 14.2 Å². The molecule has 1 aromatic carbocycles. The third-order valence-corrected chi connectivity index (χ3v) is 7.37. The lowest BCUT2D eigenvalue weighted by molar-refractivity contribution is -0.142. The normalized spacial score (nSPS) is 23.2. The Labute approximate surface area is 218 Å². The fourth-order valence-corrected chi connectivity index (χ4v) is 5.62. The molecule has 11 heteroatoms. The molecule has 2 fully saturated rings. The Morgan fingerprint density at radius 2 is 1.76 bits per heavy atom. The number of hydrogen-bond donors (Lipinski definition) is 0. The Morgan fingerprint density at radius 3 is 2.39 bits per heavy atom. The van der Waals surface area contributed by atoms with Crippen LogP contribution in [0, 0.1) is 11.8 Å². The van der Waals surface area contributed by atoms with Crippen molar-refractivity contribution in [2.45, 2.75) is 57.9 Å². The molecule has 3 unspecified atom stereocenters. The van der Waals surface area contributed by atoms with Gasteiger partial charge in [0.05, 0.1) is 25.6 Å². The molecule has 1 amide bonds.